The maximum absolute atomic E-state index is 5.70. The van der Waals surface area contributed by atoms with E-state index in [1.807, 2.05) is 12.1 Å². The van der Waals surface area contributed by atoms with E-state index >= 15 is 0 Å². The highest BCUT2D eigenvalue weighted by molar-refractivity contribution is 9.11. The van der Waals surface area contributed by atoms with Gasteiger partial charge in [-0.3, -0.25) is 0 Å². The van der Waals surface area contributed by atoms with Crippen LogP contribution in [-0.2, 0) is 6.54 Å². The van der Waals surface area contributed by atoms with Gasteiger partial charge < -0.3 is 10.1 Å². The highest BCUT2D eigenvalue weighted by Gasteiger charge is 2.20. The molecule has 1 aromatic carbocycles. The smallest absolute Gasteiger partial charge is 0.124 e. The Morgan fingerprint density at radius 1 is 1.47 bits per heavy atom. The van der Waals surface area contributed by atoms with Crippen molar-refractivity contribution in [3.05, 3.63) is 39.3 Å². The minimum atomic E-state index is 0.498. The molecule has 17 heavy (non-hydrogen) atoms. The molecule has 0 bridgehead atoms. The lowest BCUT2D eigenvalue weighted by Gasteiger charge is -2.12. The maximum Gasteiger partial charge on any atom is 0.124 e. The van der Waals surface area contributed by atoms with Gasteiger partial charge in [0.25, 0.3) is 0 Å². The molecule has 1 saturated carbocycles. The minimum Gasteiger partial charge on any atom is -0.488 e. The molecule has 1 aromatic rings. The van der Waals surface area contributed by atoms with Gasteiger partial charge in [-0.25, -0.2) is 0 Å². The van der Waals surface area contributed by atoms with Gasteiger partial charge in [0.15, 0.2) is 0 Å². The van der Waals surface area contributed by atoms with Crippen LogP contribution in [0.2, 0.25) is 0 Å². The fraction of sp³-hybridized carbons (Fsp3) is 0.385. The zero-order valence-electron chi connectivity index (χ0n) is 9.51. The molecule has 1 N–H and O–H groups in total. The molecule has 92 valence electrons. The van der Waals surface area contributed by atoms with Crippen molar-refractivity contribution in [1.82, 2.24) is 5.32 Å². The summed E-state index contributed by atoms with van der Waals surface area (Å²) < 4.78 is 7.63. The van der Waals surface area contributed by atoms with Gasteiger partial charge in [-0.1, -0.05) is 38.4 Å². The maximum atomic E-state index is 5.70. The average molecular weight is 361 g/mol. The number of benzene rings is 1. The molecule has 0 unspecified atom stereocenters. The lowest BCUT2D eigenvalue weighted by Crippen LogP contribution is -2.16. The first kappa shape index (κ1) is 13.1. The number of hydrogen-bond acceptors (Lipinski definition) is 2. The average Bonchev–Trinajstić information content (AvgIpc) is 3.08. The SMILES string of the molecule is C=C(Br)COc1ccc(Br)cc1CNC1CC1. The second-order valence-corrected chi connectivity index (χ2v) is 6.25. The number of hydrogen-bond donors (Lipinski definition) is 1. The summed E-state index contributed by atoms with van der Waals surface area (Å²) in [6, 6.07) is 6.78. The van der Waals surface area contributed by atoms with E-state index < -0.39 is 0 Å². The van der Waals surface area contributed by atoms with E-state index in [0.717, 1.165) is 21.2 Å². The van der Waals surface area contributed by atoms with Crippen molar-refractivity contribution >= 4 is 31.9 Å². The van der Waals surface area contributed by atoms with Gasteiger partial charge in [-0.2, -0.15) is 0 Å². The Morgan fingerprint density at radius 3 is 2.88 bits per heavy atom. The lowest BCUT2D eigenvalue weighted by molar-refractivity contribution is 0.355. The fourth-order valence-corrected chi connectivity index (χ4v) is 2.05. The number of rotatable bonds is 6. The summed E-state index contributed by atoms with van der Waals surface area (Å²) >= 11 is 6.79. The van der Waals surface area contributed by atoms with E-state index in [1.165, 1.54) is 18.4 Å². The number of ether oxygens (including phenoxy) is 1. The summed E-state index contributed by atoms with van der Waals surface area (Å²) in [6.07, 6.45) is 2.59. The molecule has 4 heteroatoms. The van der Waals surface area contributed by atoms with E-state index in [4.69, 9.17) is 4.74 Å². The van der Waals surface area contributed by atoms with Crippen LogP contribution in [0.3, 0.4) is 0 Å². The summed E-state index contributed by atoms with van der Waals surface area (Å²) in [4.78, 5) is 0. The third kappa shape index (κ3) is 4.45. The summed E-state index contributed by atoms with van der Waals surface area (Å²) in [5.74, 6) is 0.918. The zero-order chi connectivity index (χ0) is 12.3. The van der Waals surface area contributed by atoms with Crippen molar-refractivity contribution in [3.63, 3.8) is 0 Å². The highest BCUT2D eigenvalue weighted by Crippen LogP contribution is 2.26. The van der Waals surface area contributed by atoms with E-state index in [-0.39, 0.29) is 0 Å². The third-order valence-electron chi connectivity index (χ3n) is 2.57. The summed E-state index contributed by atoms with van der Waals surface area (Å²) in [5, 5.41) is 3.49. The van der Waals surface area contributed by atoms with Crippen LogP contribution >= 0.6 is 31.9 Å². The van der Waals surface area contributed by atoms with Crippen LogP contribution in [0.4, 0.5) is 0 Å². The Kier molecular flexibility index (Phi) is 4.65. The van der Waals surface area contributed by atoms with E-state index in [9.17, 15) is 0 Å². The largest absolute Gasteiger partial charge is 0.488 e. The van der Waals surface area contributed by atoms with Gasteiger partial charge in [0.05, 0.1) is 0 Å². The Labute approximate surface area is 119 Å². The van der Waals surface area contributed by atoms with E-state index in [2.05, 4.69) is 49.8 Å². The summed E-state index contributed by atoms with van der Waals surface area (Å²) in [5.41, 5.74) is 1.18. The highest BCUT2D eigenvalue weighted by atomic mass is 79.9. The monoisotopic (exact) mass is 359 g/mol. The Balaban J connectivity index is 2.02. The van der Waals surface area contributed by atoms with Crippen LogP contribution in [0.1, 0.15) is 18.4 Å². The standard InChI is InChI=1S/C13H15Br2NO/c1-9(14)8-17-13-5-2-11(15)6-10(13)7-16-12-3-4-12/h2,5-6,12,16H,1,3-4,7-8H2. The topological polar surface area (TPSA) is 21.3 Å². The predicted octanol–water partition coefficient (Wildman–Crippen LogP) is 3.99. The molecule has 0 amide bonds. The predicted molar refractivity (Wildman–Crippen MR) is 77.6 cm³/mol. The van der Waals surface area contributed by atoms with E-state index in [1.54, 1.807) is 0 Å². The van der Waals surface area contributed by atoms with Gasteiger partial charge >= 0.3 is 0 Å². The van der Waals surface area contributed by atoms with Crippen LogP contribution < -0.4 is 10.1 Å². The molecule has 2 rings (SSSR count). The summed E-state index contributed by atoms with van der Waals surface area (Å²) in [7, 11) is 0. The second-order valence-electron chi connectivity index (χ2n) is 4.21. The molecule has 0 aromatic heterocycles. The molecule has 0 spiro atoms. The van der Waals surface area contributed by atoms with Crippen molar-refractivity contribution in [3.8, 4) is 5.75 Å². The van der Waals surface area contributed by atoms with E-state index in [0.29, 0.717) is 12.6 Å². The molecule has 2 nitrogen and oxygen atoms in total. The van der Waals surface area contributed by atoms with Crippen molar-refractivity contribution in [2.45, 2.75) is 25.4 Å². The summed E-state index contributed by atoms with van der Waals surface area (Å²) in [6.45, 7) is 5.12. The molecular weight excluding hydrogens is 346 g/mol. The first-order chi connectivity index (χ1) is 8.15. The van der Waals surface area contributed by atoms with Crippen LogP contribution in [0, 0.1) is 0 Å². The fourth-order valence-electron chi connectivity index (χ4n) is 1.52. The Morgan fingerprint density at radius 2 is 2.24 bits per heavy atom. The van der Waals surface area contributed by atoms with Crippen LogP contribution in [0.15, 0.2) is 33.7 Å². The number of halogens is 2. The van der Waals surface area contributed by atoms with Crippen molar-refractivity contribution < 1.29 is 4.74 Å². The van der Waals surface area contributed by atoms with Crippen LogP contribution in [0.5, 0.6) is 5.75 Å². The molecule has 1 fully saturated rings. The first-order valence-electron chi connectivity index (χ1n) is 5.63. The van der Waals surface area contributed by atoms with Gasteiger partial charge in [-0.05, 0) is 31.0 Å². The molecule has 1 aliphatic rings. The molecule has 0 atom stereocenters. The zero-order valence-corrected chi connectivity index (χ0v) is 12.7. The molecule has 0 saturated heterocycles. The first-order valence-corrected chi connectivity index (χ1v) is 7.21. The molecule has 0 heterocycles. The second kappa shape index (κ2) is 6.03. The Bertz CT molecular complexity index is 416. The van der Waals surface area contributed by atoms with Crippen LogP contribution in [-0.4, -0.2) is 12.6 Å². The van der Waals surface area contributed by atoms with Gasteiger partial charge in [0.1, 0.15) is 12.4 Å². The lowest BCUT2D eigenvalue weighted by atomic mass is 10.2. The number of nitrogens with one attached hydrogen (secondary N) is 1. The van der Waals surface area contributed by atoms with Gasteiger partial charge in [-0.15, -0.1) is 0 Å². The quantitative estimate of drug-likeness (QED) is 0.828. The van der Waals surface area contributed by atoms with Crippen molar-refractivity contribution in [1.29, 1.82) is 0 Å². The molecule has 0 radical (unpaired) electrons. The third-order valence-corrected chi connectivity index (χ3v) is 3.29. The Hall–Kier alpha value is -0.320. The minimum absolute atomic E-state index is 0.498. The van der Waals surface area contributed by atoms with Crippen molar-refractivity contribution in [2.24, 2.45) is 0 Å². The van der Waals surface area contributed by atoms with Crippen LogP contribution in [0.25, 0.3) is 0 Å². The molecule has 1 aliphatic carbocycles. The molecule has 0 aliphatic heterocycles. The molecular formula is C13H15Br2NO. The normalized spacial score (nSPS) is 14.7. The van der Waals surface area contributed by atoms with Gasteiger partial charge in [0, 0.05) is 27.1 Å². The van der Waals surface area contributed by atoms with Gasteiger partial charge in [0.2, 0.25) is 0 Å². The van der Waals surface area contributed by atoms with Crippen molar-refractivity contribution in [2.75, 3.05) is 6.61 Å².